The first-order valence-corrected chi connectivity index (χ1v) is 14.9. The van der Waals surface area contributed by atoms with Gasteiger partial charge in [-0.3, -0.25) is 0 Å². The van der Waals surface area contributed by atoms with Gasteiger partial charge in [-0.25, -0.2) is 0 Å². The number of phenolic OH excluding ortho intramolecular Hbond substituents is 2. The third-order valence-electron chi connectivity index (χ3n) is 9.13. The summed E-state index contributed by atoms with van der Waals surface area (Å²) < 4.78 is 12.3. The highest BCUT2D eigenvalue weighted by Gasteiger charge is 2.44. The van der Waals surface area contributed by atoms with Crippen LogP contribution in [-0.2, 0) is 24.2 Å². The number of hydrogen-bond acceptors (Lipinski definition) is 7. The fraction of sp³-hybridized carbons (Fsp3) is 0.515. The van der Waals surface area contributed by atoms with Gasteiger partial charge in [0.05, 0.1) is 32.0 Å². The minimum absolute atomic E-state index is 0.0121. The van der Waals surface area contributed by atoms with Gasteiger partial charge in [0, 0.05) is 42.3 Å². The lowest BCUT2D eigenvalue weighted by atomic mass is 9.71. The smallest absolute Gasteiger partial charge is 0.201 e. The van der Waals surface area contributed by atoms with Crippen molar-refractivity contribution in [2.75, 3.05) is 7.11 Å². The second-order valence-electron chi connectivity index (χ2n) is 11.6. The van der Waals surface area contributed by atoms with E-state index in [1.54, 1.807) is 12.3 Å². The molecular formula is C33H43NO7. The minimum atomic E-state index is -0.613. The number of H-pyrrole nitrogens is 1. The zero-order valence-corrected chi connectivity index (χ0v) is 24.0. The van der Waals surface area contributed by atoms with Gasteiger partial charge in [0.2, 0.25) is 5.75 Å². The van der Waals surface area contributed by atoms with Crippen molar-refractivity contribution < 1.29 is 35.0 Å². The summed E-state index contributed by atoms with van der Waals surface area (Å²) in [5.41, 5.74) is 4.46. The molecule has 222 valence electrons. The molecule has 5 atom stereocenters. The number of unbranched alkanes of at least 4 members (excludes halogenated alkanes) is 2. The van der Waals surface area contributed by atoms with Gasteiger partial charge in [-0.2, -0.15) is 0 Å². The Kier molecular flexibility index (Phi) is 9.12. The van der Waals surface area contributed by atoms with E-state index in [2.05, 4.69) is 18.0 Å². The molecule has 0 bridgehead atoms. The summed E-state index contributed by atoms with van der Waals surface area (Å²) in [5.74, 6) is -0.152. The highest BCUT2D eigenvalue weighted by molar-refractivity contribution is 5.64. The van der Waals surface area contributed by atoms with Gasteiger partial charge in [-0.05, 0) is 72.4 Å². The number of rotatable bonds is 10. The fourth-order valence-electron chi connectivity index (χ4n) is 6.97. The molecule has 0 spiro atoms. The van der Waals surface area contributed by atoms with Crippen molar-refractivity contribution >= 4 is 0 Å². The molecule has 2 heterocycles. The average Bonchev–Trinajstić information content (AvgIpc) is 3.49. The Morgan fingerprint density at radius 1 is 1.02 bits per heavy atom. The van der Waals surface area contributed by atoms with Crippen molar-refractivity contribution in [1.29, 1.82) is 0 Å². The van der Waals surface area contributed by atoms with Crippen molar-refractivity contribution in [2.24, 2.45) is 5.92 Å². The van der Waals surface area contributed by atoms with Crippen molar-refractivity contribution in [3.05, 3.63) is 70.0 Å². The summed E-state index contributed by atoms with van der Waals surface area (Å²) in [5, 5.41) is 53.7. The van der Waals surface area contributed by atoms with Crippen molar-refractivity contribution in [3.63, 3.8) is 0 Å². The molecule has 0 amide bonds. The first-order valence-electron chi connectivity index (χ1n) is 14.9. The molecule has 8 nitrogen and oxygen atoms in total. The van der Waals surface area contributed by atoms with Gasteiger partial charge in [0.1, 0.15) is 5.75 Å². The zero-order chi connectivity index (χ0) is 29.1. The molecular weight excluding hydrogens is 522 g/mol. The van der Waals surface area contributed by atoms with Crippen LogP contribution in [0, 0.1) is 5.92 Å². The Balaban J connectivity index is 1.46. The molecule has 2 fully saturated rings. The van der Waals surface area contributed by atoms with Crippen LogP contribution < -0.4 is 4.74 Å². The maximum atomic E-state index is 11.3. The molecule has 6 N–H and O–H groups in total. The van der Waals surface area contributed by atoms with E-state index >= 15 is 0 Å². The number of aliphatic hydroxyl groups excluding tert-OH is 2. The van der Waals surface area contributed by atoms with E-state index < -0.39 is 30.3 Å². The van der Waals surface area contributed by atoms with Gasteiger partial charge in [-0.15, -0.1) is 0 Å². The number of aromatic hydroxyl groups is 3. The van der Waals surface area contributed by atoms with Crippen LogP contribution in [-0.4, -0.2) is 49.8 Å². The van der Waals surface area contributed by atoms with E-state index in [1.165, 1.54) is 12.7 Å². The molecule has 41 heavy (non-hydrogen) atoms. The first-order chi connectivity index (χ1) is 19.9. The monoisotopic (exact) mass is 565 g/mol. The van der Waals surface area contributed by atoms with Crippen LogP contribution in [0.3, 0.4) is 0 Å². The molecule has 1 saturated heterocycles. The highest BCUT2D eigenvalue weighted by Crippen LogP contribution is 2.52. The summed E-state index contributed by atoms with van der Waals surface area (Å²) in [6.45, 7) is 1.67. The minimum Gasteiger partial charge on any atom is -0.508 e. The van der Waals surface area contributed by atoms with Crippen LogP contribution in [0.25, 0.3) is 0 Å². The maximum Gasteiger partial charge on any atom is 0.201 e. The topological polar surface area (TPSA) is 135 Å². The third-order valence-corrected chi connectivity index (χ3v) is 9.13. The molecule has 1 aromatic heterocycles. The SMILES string of the molecule is CCCCCc1cc([C@@H]2CC[C@H]3[C@H](C2)O[C@H](c2c(CO)c(O)c(O)c(OC)c2Cc2cc[nH]c2)C[C@@H]3O)ccc1O. The Morgan fingerprint density at radius 2 is 1.85 bits per heavy atom. The van der Waals surface area contributed by atoms with Crippen LogP contribution in [0.5, 0.6) is 23.0 Å². The number of fused-ring (bicyclic) bond motifs is 1. The molecule has 8 heteroatoms. The molecule has 2 aromatic carbocycles. The van der Waals surface area contributed by atoms with Crippen molar-refractivity contribution in [2.45, 2.75) is 95.5 Å². The number of ether oxygens (including phenoxy) is 2. The quantitative estimate of drug-likeness (QED) is 0.136. The first kappa shape index (κ1) is 29.3. The van der Waals surface area contributed by atoms with Gasteiger partial charge < -0.3 is 40.0 Å². The van der Waals surface area contributed by atoms with Gasteiger partial charge in [0.25, 0.3) is 0 Å². The lowest BCUT2D eigenvalue weighted by Crippen LogP contribution is -2.44. The predicted molar refractivity (Wildman–Crippen MR) is 156 cm³/mol. The van der Waals surface area contributed by atoms with Crippen LogP contribution in [0.15, 0.2) is 36.7 Å². The van der Waals surface area contributed by atoms with Gasteiger partial charge >= 0.3 is 0 Å². The summed E-state index contributed by atoms with van der Waals surface area (Å²) in [7, 11) is 1.43. The van der Waals surface area contributed by atoms with Gasteiger partial charge in [0.15, 0.2) is 11.5 Å². The standard InChI is InChI=1S/C33H43NO7/c1-3-4-5-6-22-14-20(8-10-26(22)36)21-7-9-23-27(37)16-29(41-28(23)15-21)30-24(13-19-11-12-34-17-19)33(40-2)32(39)31(38)25(30)18-35/h8,10-12,14,17,21,23,27-29,34-39H,3-7,9,13,15-16,18H2,1-2H3/t21-,23-,27+,28+,29+/m1/s1. The molecule has 1 saturated carbocycles. The van der Waals surface area contributed by atoms with E-state index in [0.29, 0.717) is 29.7 Å². The molecule has 3 aromatic rings. The van der Waals surface area contributed by atoms with Crippen LogP contribution >= 0.6 is 0 Å². The summed E-state index contributed by atoms with van der Waals surface area (Å²) in [6.07, 6.45) is 9.52. The van der Waals surface area contributed by atoms with Crippen LogP contribution in [0.2, 0.25) is 0 Å². The number of aliphatic hydroxyl groups is 2. The number of hydrogen-bond donors (Lipinski definition) is 6. The molecule has 5 rings (SSSR count). The van der Waals surface area contributed by atoms with E-state index in [9.17, 15) is 25.5 Å². The third kappa shape index (κ3) is 5.92. The number of methoxy groups -OCH3 is 1. The summed E-state index contributed by atoms with van der Waals surface area (Å²) in [6, 6.07) is 7.85. The number of benzene rings is 2. The van der Waals surface area contributed by atoms with E-state index in [1.807, 2.05) is 18.3 Å². The second kappa shape index (κ2) is 12.8. The largest absolute Gasteiger partial charge is 0.508 e. The zero-order valence-electron chi connectivity index (χ0n) is 24.0. The lowest BCUT2D eigenvalue weighted by molar-refractivity contribution is -0.154. The van der Waals surface area contributed by atoms with E-state index in [-0.39, 0.29) is 29.3 Å². The Labute approximate surface area is 241 Å². The number of nitrogens with one attached hydrogen (secondary N) is 1. The Morgan fingerprint density at radius 3 is 2.56 bits per heavy atom. The fourth-order valence-corrected chi connectivity index (χ4v) is 6.97. The predicted octanol–water partition coefficient (Wildman–Crippen LogP) is 5.73. The molecule has 0 unspecified atom stereocenters. The van der Waals surface area contributed by atoms with Crippen molar-refractivity contribution in [1.82, 2.24) is 4.98 Å². The maximum absolute atomic E-state index is 11.3. The molecule has 1 aliphatic heterocycles. The van der Waals surface area contributed by atoms with Crippen LogP contribution in [0.1, 0.15) is 97.3 Å². The molecule has 1 aliphatic carbocycles. The number of phenols is 3. The van der Waals surface area contributed by atoms with E-state index in [0.717, 1.165) is 56.1 Å². The normalized spacial score (nSPS) is 24.2. The lowest BCUT2D eigenvalue weighted by Gasteiger charge is -2.45. The number of aromatic nitrogens is 1. The average molecular weight is 566 g/mol. The summed E-state index contributed by atoms with van der Waals surface area (Å²) in [4.78, 5) is 3.04. The molecule has 2 aliphatic rings. The number of aromatic amines is 1. The Bertz CT molecular complexity index is 1320. The highest BCUT2D eigenvalue weighted by atomic mass is 16.5. The van der Waals surface area contributed by atoms with Gasteiger partial charge in [-0.1, -0.05) is 31.9 Å². The second-order valence-corrected chi connectivity index (χ2v) is 11.6. The van der Waals surface area contributed by atoms with Crippen molar-refractivity contribution in [3.8, 4) is 23.0 Å². The Hall–Kier alpha value is -3.20. The number of aryl methyl sites for hydroxylation is 1. The van der Waals surface area contributed by atoms with Crippen LogP contribution in [0.4, 0.5) is 0 Å². The summed E-state index contributed by atoms with van der Waals surface area (Å²) >= 11 is 0. The molecule has 0 radical (unpaired) electrons. The van der Waals surface area contributed by atoms with E-state index in [4.69, 9.17) is 9.47 Å².